The molecule has 17 heavy (non-hydrogen) atoms. The maximum atomic E-state index is 9.29. The lowest BCUT2D eigenvalue weighted by atomic mass is 9.52. The average Bonchev–Trinajstić information content (AvgIpc) is 2.41. The zero-order valence-electron chi connectivity index (χ0n) is 9.88. The summed E-state index contributed by atoms with van der Waals surface area (Å²) in [4.78, 5) is 0. The van der Waals surface area contributed by atoms with Gasteiger partial charge in [-0.1, -0.05) is 23.7 Å². The second-order valence-corrected chi connectivity index (χ2v) is 6.12. The van der Waals surface area contributed by atoms with E-state index in [0.29, 0.717) is 5.41 Å². The summed E-state index contributed by atoms with van der Waals surface area (Å²) in [7, 11) is 0. The molecule has 3 fully saturated rings. The molecule has 0 aromatic heterocycles. The van der Waals surface area contributed by atoms with Crippen LogP contribution in [0.5, 0.6) is 0 Å². The summed E-state index contributed by atoms with van der Waals surface area (Å²) < 4.78 is 0. The Morgan fingerprint density at radius 2 is 1.47 bits per heavy atom. The Bertz CT molecular complexity index is 444. The van der Waals surface area contributed by atoms with E-state index in [2.05, 4.69) is 18.2 Å². The van der Waals surface area contributed by atoms with Crippen molar-refractivity contribution in [1.82, 2.24) is 0 Å². The number of fused-ring (bicyclic) bond motifs is 3. The summed E-state index contributed by atoms with van der Waals surface area (Å²) in [6.45, 7) is 0. The first-order valence-electron chi connectivity index (χ1n) is 6.36. The Morgan fingerprint density at radius 1 is 0.941 bits per heavy atom. The molecule has 0 spiro atoms. The van der Waals surface area contributed by atoms with Crippen molar-refractivity contribution >= 4 is 11.6 Å². The molecule has 3 aliphatic rings. The fraction of sp³-hybridized carbons (Fsp3) is 0.533. The van der Waals surface area contributed by atoms with Gasteiger partial charge in [-0.3, -0.25) is 0 Å². The summed E-state index contributed by atoms with van der Waals surface area (Å²) in [6, 6.07) is 10.9. The van der Waals surface area contributed by atoms with Gasteiger partial charge in [-0.25, -0.2) is 0 Å². The van der Waals surface area contributed by atoms with Crippen LogP contribution >= 0.6 is 11.6 Å². The van der Waals surface area contributed by atoms with Crippen molar-refractivity contribution in [1.29, 1.82) is 5.26 Å². The molecular weight excluding hydrogens is 230 g/mol. The van der Waals surface area contributed by atoms with Gasteiger partial charge in [0.1, 0.15) is 0 Å². The van der Waals surface area contributed by atoms with Crippen LogP contribution in [0.2, 0.25) is 5.02 Å². The van der Waals surface area contributed by atoms with Crippen LogP contribution in [0, 0.1) is 16.7 Å². The van der Waals surface area contributed by atoms with Crippen molar-refractivity contribution < 1.29 is 0 Å². The van der Waals surface area contributed by atoms with Crippen molar-refractivity contribution in [3.05, 3.63) is 34.9 Å². The second-order valence-electron chi connectivity index (χ2n) is 5.68. The van der Waals surface area contributed by atoms with Crippen LogP contribution in [0.3, 0.4) is 0 Å². The molecule has 1 aromatic rings. The van der Waals surface area contributed by atoms with E-state index in [4.69, 9.17) is 11.6 Å². The quantitative estimate of drug-likeness (QED) is 0.717. The third kappa shape index (κ3) is 1.67. The molecule has 1 nitrogen and oxygen atoms in total. The number of nitriles is 1. The third-order valence-corrected chi connectivity index (χ3v) is 5.19. The van der Waals surface area contributed by atoms with Crippen LogP contribution in [-0.2, 0) is 5.41 Å². The van der Waals surface area contributed by atoms with Gasteiger partial charge in [0.2, 0.25) is 0 Å². The Labute approximate surface area is 107 Å². The van der Waals surface area contributed by atoms with Gasteiger partial charge in [0.25, 0.3) is 0 Å². The molecule has 2 heteroatoms. The fourth-order valence-electron chi connectivity index (χ4n) is 3.59. The van der Waals surface area contributed by atoms with Crippen molar-refractivity contribution in [2.75, 3.05) is 0 Å². The van der Waals surface area contributed by atoms with Crippen molar-refractivity contribution in [2.45, 2.75) is 43.9 Å². The van der Waals surface area contributed by atoms with E-state index in [1.165, 1.54) is 24.8 Å². The van der Waals surface area contributed by atoms with Gasteiger partial charge in [-0.15, -0.1) is 0 Å². The number of halogens is 1. The Kier molecular flexibility index (Phi) is 2.45. The molecular formula is C15H16ClN. The van der Waals surface area contributed by atoms with Crippen molar-refractivity contribution in [3.8, 4) is 6.07 Å². The molecule has 88 valence electrons. The maximum Gasteiger partial charge on any atom is 0.0689 e. The highest BCUT2D eigenvalue weighted by Gasteiger charge is 2.49. The van der Waals surface area contributed by atoms with Gasteiger partial charge in [-0.05, 0) is 61.6 Å². The smallest absolute Gasteiger partial charge is 0.0689 e. The molecule has 0 aliphatic heterocycles. The molecule has 3 aliphatic carbocycles. The molecule has 0 heterocycles. The van der Waals surface area contributed by atoms with Gasteiger partial charge in [0.15, 0.2) is 0 Å². The molecule has 2 bridgehead atoms. The maximum absolute atomic E-state index is 9.29. The highest BCUT2D eigenvalue weighted by molar-refractivity contribution is 6.30. The van der Waals surface area contributed by atoms with E-state index in [-0.39, 0.29) is 5.41 Å². The lowest BCUT2D eigenvalue weighted by molar-refractivity contribution is 0.0849. The summed E-state index contributed by atoms with van der Waals surface area (Å²) in [5, 5.41) is 10.1. The van der Waals surface area contributed by atoms with Crippen molar-refractivity contribution in [3.63, 3.8) is 0 Å². The van der Waals surface area contributed by atoms with Gasteiger partial charge < -0.3 is 0 Å². The van der Waals surface area contributed by atoms with E-state index in [1.54, 1.807) is 0 Å². The lowest BCUT2D eigenvalue weighted by Crippen LogP contribution is -2.43. The van der Waals surface area contributed by atoms with Crippen LogP contribution in [0.15, 0.2) is 24.3 Å². The largest absolute Gasteiger partial charge is 0.198 e. The first kappa shape index (κ1) is 11.1. The van der Waals surface area contributed by atoms with Crippen LogP contribution < -0.4 is 0 Å². The molecule has 0 saturated heterocycles. The molecule has 0 amide bonds. The number of hydrogen-bond donors (Lipinski definition) is 0. The molecule has 1 aromatic carbocycles. The Balaban J connectivity index is 1.91. The minimum atomic E-state index is 0.00811. The third-order valence-electron chi connectivity index (χ3n) is 4.94. The van der Waals surface area contributed by atoms with E-state index >= 15 is 0 Å². The van der Waals surface area contributed by atoms with Crippen molar-refractivity contribution in [2.24, 2.45) is 5.41 Å². The summed E-state index contributed by atoms with van der Waals surface area (Å²) in [5.41, 5.74) is 1.77. The minimum absolute atomic E-state index is 0.00811. The number of rotatable bonds is 1. The molecule has 0 radical (unpaired) electrons. The van der Waals surface area contributed by atoms with E-state index in [9.17, 15) is 5.26 Å². The lowest BCUT2D eigenvalue weighted by Gasteiger charge is -2.50. The summed E-state index contributed by atoms with van der Waals surface area (Å²) in [6.07, 6.45) is 6.73. The predicted octanol–water partition coefficient (Wildman–Crippen LogP) is 4.46. The van der Waals surface area contributed by atoms with E-state index in [0.717, 1.165) is 24.3 Å². The van der Waals surface area contributed by atoms with E-state index < -0.39 is 0 Å². The average molecular weight is 246 g/mol. The molecule has 0 atom stereocenters. The molecule has 3 saturated carbocycles. The summed E-state index contributed by atoms with van der Waals surface area (Å²) >= 11 is 5.95. The van der Waals surface area contributed by atoms with Gasteiger partial charge in [0, 0.05) is 5.02 Å². The fourth-order valence-corrected chi connectivity index (χ4v) is 3.72. The molecule has 0 N–H and O–H groups in total. The standard InChI is InChI=1S/C15H16ClN/c16-13-3-1-12(2-4-13)15-8-5-14(11-17,6-9-15)7-10-15/h1-4H,5-10H2. The Morgan fingerprint density at radius 3 is 1.94 bits per heavy atom. The SMILES string of the molecule is N#CC12CCC(c3ccc(Cl)cc3)(CC1)CC2. The van der Waals surface area contributed by atoms with E-state index in [1.807, 2.05) is 12.1 Å². The van der Waals surface area contributed by atoms with Crippen LogP contribution in [0.1, 0.15) is 44.1 Å². The van der Waals surface area contributed by atoms with Gasteiger partial charge in [-0.2, -0.15) is 5.26 Å². The number of benzene rings is 1. The highest BCUT2D eigenvalue weighted by Crippen LogP contribution is 2.57. The number of nitrogens with zero attached hydrogens (tertiary/aromatic N) is 1. The predicted molar refractivity (Wildman–Crippen MR) is 68.9 cm³/mol. The second kappa shape index (κ2) is 3.75. The highest BCUT2D eigenvalue weighted by atomic mass is 35.5. The monoisotopic (exact) mass is 245 g/mol. The zero-order chi connectivity index (χ0) is 11.9. The Hall–Kier alpha value is -1.00. The topological polar surface area (TPSA) is 23.8 Å². The van der Waals surface area contributed by atoms with Crippen LogP contribution in [0.25, 0.3) is 0 Å². The molecule has 0 unspecified atom stereocenters. The first-order chi connectivity index (χ1) is 8.18. The zero-order valence-corrected chi connectivity index (χ0v) is 10.6. The number of hydrogen-bond acceptors (Lipinski definition) is 1. The van der Waals surface area contributed by atoms with Gasteiger partial charge in [0.05, 0.1) is 11.5 Å². The van der Waals surface area contributed by atoms with Gasteiger partial charge >= 0.3 is 0 Å². The molecule has 4 rings (SSSR count). The minimum Gasteiger partial charge on any atom is -0.198 e. The van der Waals surface area contributed by atoms with Crippen LogP contribution in [0.4, 0.5) is 0 Å². The summed E-state index contributed by atoms with van der Waals surface area (Å²) in [5.74, 6) is 0. The first-order valence-corrected chi connectivity index (χ1v) is 6.73. The normalized spacial score (nSPS) is 35.5. The van der Waals surface area contributed by atoms with Crippen LogP contribution in [-0.4, -0.2) is 0 Å².